The molecule has 3 rings (SSSR count). The first-order valence-electron chi connectivity index (χ1n) is 9.26. The zero-order chi connectivity index (χ0) is 18.6. The minimum Gasteiger partial charge on any atom is -0.337 e. The highest BCUT2D eigenvalue weighted by Gasteiger charge is 2.34. The van der Waals surface area contributed by atoms with E-state index in [-0.39, 0.29) is 24.9 Å². The topological polar surface area (TPSA) is 90.3 Å². The van der Waals surface area contributed by atoms with Crippen LogP contribution < -0.4 is 4.72 Å². The van der Waals surface area contributed by atoms with E-state index in [1.54, 1.807) is 23.1 Å². The molecule has 1 aliphatic carbocycles. The van der Waals surface area contributed by atoms with E-state index in [1.807, 2.05) is 6.07 Å². The third kappa shape index (κ3) is 4.43. The second kappa shape index (κ2) is 8.19. The maximum atomic E-state index is 12.8. The molecule has 2 fully saturated rings. The van der Waals surface area contributed by atoms with Gasteiger partial charge in [-0.2, -0.15) is 5.26 Å². The van der Waals surface area contributed by atoms with E-state index >= 15 is 0 Å². The normalized spacial score (nSPS) is 21.5. The van der Waals surface area contributed by atoms with Crippen LogP contribution in [0.5, 0.6) is 0 Å². The lowest BCUT2D eigenvalue weighted by molar-refractivity contribution is 0.0726. The SMILES string of the molecule is N#CCc1cccc(C(=O)N2CCCC(S(=O)(=O)NC3CCCC3)C2)c1. The Bertz CT molecular complexity index is 794. The van der Waals surface area contributed by atoms with E-state index in [1.165, 1.54) is 0 Å². The van der Waals surface area contributed by atoms with Crippen LogP contribution in [0.1, 0.15) is 54.4 Å². The van der Waals surface area contributed by atoms with Crippen LogP contribution in [0.15, 0.2) is 24.3 Å². The van der Waals surface area contributed by atoms with E-state index in [0.29, 0.717) is 24.9 Å². The van der Waals surface area contributed by atoms with Crippen LogP contribution >= 0.6 is 0 Å². The number of hydrogen-bond acceptors (Lipinski definition) is 4. The van der Waals surface area contributed by atoms with Crippen molar-refractivity contribution in [2.75, 3.05) is 13.1 Å². The summed E-state index contributed by atoms with van der Waals surface area (Å²) in [4.78, 5) is 14.4. The number of nitrogens with zero attached hydrogens (tertiary/aromatic N) is 2. The van der Waals surface area contributed by atoms with E-state index in [0.717, 1.165) is 31.2 Å². The molecule has 1 aromatic rings. The van der Waals surface area contributed by atoms with Gasteiger partial charge < -0.3 is 4.90 Å². The Hall–Kier alpha value is -1.91. The summed E-state index contributed by atoms with van der Waals surface area (Å²) in [5.41, 5.74) is 1.31. The molecule has 1 amide bonds. The highest BCUT2D eigenvalue weighted by atomic mass is 32.2. The number of piperidine rings is 1. The number of nitrogens with one attached hydrogen (secondary N) is 1. The van der Waals surface area contributed by atoms with Gasteiger partial charge in [0.2, 0.25) is 10.0 Å². The summed E-state index contributed by atoms with van der Waals surface area (Å²) < 4.78 is 28.2. The molecule has 1 heterocycles. The second-order valence-corrected chi connectivity index (χ2v) is 9.19. The monoisotopic (exact) mass is 375 g/mol. The Morgan fingerprint density at radius 3 is 2.73 bits per heavy atom. The fourth-order valence-electron chi connectivity index (χ4n) is 3.84. The highest BCUT2D eigenvalue weighted by molar-refractivity contribution is 7.90. The molecule has 1 saturated carbocycles. The molecule has 26 heavy (non-hydrogen) atoms. The van der Waals surface area contributed by atoms with Gasteiger partial charge in [0.1, 0.15) is 0 Å². The maximum Gasteiger partial charge on any atom is 0.253 e. The molecule has 1 unspecified atom stereocenters. The summed E-state index contributed by atoms with van der Waals surface area (Å²) in [6.45, 7) is 0.792. The van der Waals surface area contributed by atoms with Crippen molar-refractivity contribution in [3.05, 3.63) is 35.4 Å². The summed E-state index contributed by atoms with van der Waals surface area (Å²) in [5, 5.41) is 8.27. The van der Waals surface area contributed by atoms with Gasteiger partial charge in [-0.1, -0.05) is 25.0 Å². The van der Waals surface area contributed by atoms with Crippen LogP contribution in [0.25, 0.3) is 0 Å². The molecule has 0 spiro atoms. The van der Waals surface area contributed by atoms with Crippen LogP contribution in [-0.4, -0.2) is 43.6 Å². The molecule has 0 bridgehead atoms. The van der Waals surface area contributed by atoms with E-state index in [4.69, 9.17) is 5.26 Å². The standard InChI is InChI=1S/C19H25N3O3S/c20-11-10-15-5-3-6-16(13-15)19(23)22-12-4-9-18(14-22)26(24,25)21-17-7-1-2-8-17/h3,5-6,13,17-18,21H,1-2,4,7-10,12,14H2. The molecule has 7 heteroatoms. The molecule has 0 aromatic heterocycles. The molecule has 1 saturated heterocycles. The summed E-state index contributed by atoms with van der Waals surface area (Å²) >= 11 is 0. The van der Waals surface area contributed by atoms with Crippen LogP contribution in [-0.2, 0) is 16.4 Å². The lowest BCUT2D eigenvalue weighted by Crippen LogP contribution is -2.49. The predicted molar refractivity (Wildman–Crippen MR) is 99.0 cm³/mol. The van der Waals surface area contributed by atoms with Gasteiger partial charge in [0.05, 0.1) is 17.7 Å². The Balaban J connectivity index is 1.68. The van der Waals surface area contributed by atoms with Crippen LogP contribution in [0.3, 0.4) is 0 Å². The summed E-state index contributed by atoms with van der Waals surface area (Å²) in [6.07, 6.45) is 5.47. The van der Waals surface area contributed by atoms with Crippen molar-refractivity contribution < 1.29 is 13.2 Å². The quantitative estimate of drug-likeness (QED) is 0.854. The van der Waals surface area contributed by atoms with Crippen molar-refractivity contribution in [3.8, 4) is 6.07 Å². The van der Waals surface area contributed by atoms with Crippen molar-refractivity contribution in [3.63, 3.8) is 0 Å². The molecule has 2 aliphatic rings. The predicted octanol–water partition coefficient (Wildman–Crippen LogP) is 2.22. The Morgan fingerprint density at radius 1 is 1.23 bits per heavy atom. The van der Waals surface area contributed by atoms with Crippen molar-refractivity contribution >= 4 is 15.9 Å². The number of likely N-dealkylation sites (tertiary alicyclic amines) is 1. The molecular weight excluding hydrogens is 350 g/mol. The molecule has 1 aliphatic heterocycles. The van der Waals surface area contributed by atoms with Crippen molar-refractivity contribution in [2.24, 2.45) is 0 Å². The minimum atomic E-state index is -3.42. The van der Waals surface area contributed by atoms with Gasteiger partial charge in [-0.3, -0.25) is 4.79 Å². The lowest BCUT2D eigenvalue weighted by atomic mass is 10.1. The third-order valence-corrected chi connectivity index (χ3v) is 7.17. The van der Waals surface area contributed by atoms with Crippen LogP contribution in [0.4, 0.5) is 0 Å². The Labute approximate surface area is 155 Å². The molecular formula is C19H25N3O3S. The summed E-state index contributed by atoms with van der Waals surface area (Å²) in [5.74, 6) is -0.162. The van der Waals surface area contributed by atoms with E-state index in [2.05, 4.69) is 10.8 Å². The zero-order valence-corrected chi connectivity index (χ0v) is 15.7. The average Bonchev–Trinajstić information content (AvgIpc) is 3.14. The van der Waals surface area contributed by atoms with Gasteiger partial charge >= 0.3 is 0 Å². The summed E-state index contributed by atoms with van der Waals surface area (Å²) in [6, 6.07) is 9.15. The number of benzene rings is 1. The molecule has 1 atom stereocenters. The number of carbonyl (C=O) groups is 1. The van der Waals surface area contributed by atoms with Gasteiger partial charge in [0, 0.05) is 24.7 Å². The van der Waals surface area contributed by atoms with Gasteiger partial charge in [0.25, 0.3) is 5.91 Å². The first-order chi connectivity index (χ1) is 12.5. The number of nitriles is 1. The fourth-order valence-corrected chi connectivity index (χ4v) is 5.58. The first-order valence-corrected chi connectivity index (χ1v) is 10.8. The lowest BCUT2D eigenvalue weighted by Gasteiger charge is -2.33. The maximum absolute atomic E-state index is 12.8. The van der Waals surface area contributed by atoms with Gasteiger partial charge in [-0.15, -0.1) is 0 Å². The van der Waals surface area contributed by atoms with Gasteiger partial charge in [-0.05, 0) is 43.4 Å². The van der Waals surface area contributed by atoms with Crippen LogP contribution in [0, 0.1) is 11.3 Å². The molecule has 1 aromatic carbocycles. The largest absolute Gasteiger partial charge is 0.337 e. The zero-order valence-electron chi connectivity index (χ0n) is 14.9. The van der Waals surface area contributed by atoms with E-state index in [9.17, 15) is 13.2 Å². The number of sulfonamides is 1. The fraction of sp³-hybridized carbons (Fsp3) is 0.579. The number of amides is 1. The van der Waals surface area contributed by atoms with Crippen molar-refractivity contribution in [2.45, 2.75) is 56.2 Å². The Kier molecular flexibility index (Phi) is 5.94. The van der Waals surface area contributed by atoms with Crippen molar-refractivity contribution in [1.82, 2.24) is 9.62 Å². The summed E-state index contributed by atoms with van der Waals surface area (Å²) in [7, 11) is -3.42. The molecule has 140 valence electrons. The number of hydrogen-bond donors (Lipinski definition) is 1. The minimum absolute atomic E-state index is 0.0498. The molecule has 6 nitrogen and oxygen atoms in total. The molecule has 0 radical (unpaired) electrons. The van der Waals surface area contributed by atoms with E-state index < -0.39 is 15.3 Å². The van der Waals surface area contributed by atoms with Gasteiger partial charge in [0.15, 0.2) is 0 Å². The number of carbonyl (C=O) groups excluding carboxylic acids is 1. The molecule has 1 N–H and O–H groups in total. The number of rotatable bonds is 5. The smallest absolute Gasteiger partial charge is 0.253 e. The van der Waals surface area contributed by atoms with Gasteiger partial charge in [-0.25, -0.2) is 13.1 Å². The van der Waals surface area contributed by atoms with Crippen molar-refractivity contribution in [1.29, 1.82) is 5.26 Å². The third-order valence-electron chi connectivity index (χ3n) is 5.25. The Morgan fingerprint density at radius 2 is 2.00 bits per heavy atom. The second-order valence-electron chi connectivity index (χ2n) is 7.19. The van der Waals surface area contributed by atoms with Crippen LogP contribution in [0.2, 0.25) is 0 Å². The first kappa shape index (κ1) is 18.9. The highest BCUT2D eigenvalue weighted by Crippen LogP contribution is 2.23. The average molecular weight is 375 g/mol.